The number of rotatable bonds is 7. The van der Waals surface area contributed by atoms with Crippen molar-refractivity contribution in [1.82, 2.24) is 5.16 Å². The topological polar surface area (TPSA) is 70.8 Å². The van der Waals surface area contributed by atoms with Crippen molar-refractivity contribution in [2.75, 3.05) is 14.2 Å². The molecule has 0 radical (unpaired) electrons. The quantitative estimate of drug-likeness (QED) is 0.604. The minimum absolute atomic E-state index is 0.0641. The zero-order chi connectivity index (χ0) is 18.4. The molecule has 0 aliphatic heterocycles. The molecule has 0 atom stereocenters. The minimum atomic E-state index is -0.329. The van der Waals surface area contributed by atoms with Crippen molar-refractivity contribution in [3.63, 3.8) is 0 Å². The summed E-state index contributed by atoms with van der Waals surface area (Å²) in [5.41, 5.74) is 2.28. The highest BCUT2D eigenvalue weighted by Gasteiger charge is 2.10. The Morgan fingerprint density at radius 1 is 0.962 bits per heavy atom. The molecule has 3 aromatic rings. The number of aromatic nitrogens is 1. The Morgan fingerprint density at radius 2 is 1.58 bits per heavy atom. The predicted octanol–water partition coefficient (Wildman–Crippen LogP) is 3.64. The molecule has 1 heterocycles. The van der Waals surface area contributed by atoms with Gasteiger partial charge in [0.05, 0.1) is 20.6 Å². The van der Waals surface area contributed by atoms with Crippen LogP contribution in [0.2, 0.25) is 0 Å². The van der Waals surface area contributed by atoms with E-state index < -0.39 is 0 Å². The van der Waals surface area contributed by atoms with E-state index in [0.717, 1.165) is 22.6 Å². The van der Waals surface area contributed by atoms with Gasteiger partial charge in [-0.05, 0) is 42.0 Å². The van der Waals surface area contributed by atoms with Gasteiger partial charge in [-0.1, -0.05) is 17.3 Å². The van der Waals surface area contributed by atoms with Crippen LogP contribution < -0.4 is 9.47 Å². The lowest BCUT2D eigenvalue weighted by molar-refractivity contribution is -0.144. The van der Waals surface area contributed by atoms with Gasteiger partial charge in [-0.2, -0.15) is 0 Å². The van der Waals surface area contributed by atoms with Crippen LogP contribution in [0.4, 0.5) is 0 Å². The largest absolute Gasteiger partial charge is 0.497 e. The van der Waals surface area contributed by atoms with Crippen molar-refractivity contribution in [2.24, 2.45) is 0 Å². The Labute approximate surface area is 151 Å². The number of ether oxygens (including phenoxy) is 3. The molecule has 0 unspecified atom stereocenters. The molecule has 0 N–H and O–H groups in total. The maximum Gasteiger partial charge on any atom is 0.310 e. The van der Waals surface area contributed by atoms with Gasteiger partial charge in [0.15, 0.2) is 5.76 Å². The van der Waals surface area contributed by atoms with E-state index in [9.17, 15) is 4.79 Å². The van der Waals surface area contributed by atoms with Gasteiger partial charge in [-0.15, -0.1) is 0 Å². The number of carbonyl (C=O) groups excluding carboxylic acids is 1. The molecule has 6 heteroatoms. The Kier molecular flexibility index (Phi) is 5.53. The van der Waals surface area contributed by atoms with Gasteiger partial charge in [0.2, 0.25) is 0 Å². The molecular weight excluding hydrogens is 334 g/mol. The molecule has 3 rings (SSSR count). The number of carbonyl (C=O) groups is 1. The summed E-state index contributed by atoms with van der Waals surface area (Å²) < 4.78 is 20.8. The summed E-state index contributed by atoms with van der Waals surface area (Å²) in [6, 6.07) is 16.5. The molecule has 0 fully saturated rings. The molecule has 2 aromatic carbocycles. The van der Waals surface area contributed by atoms with E-state index in [2.05, 4.69) is 5.16 Å². The van der Waals surface area contributed by atoms with Crippen LogP contribution in [0, 0.1) is 0 Å². The number of hydrogen-bond acceptors (Lipinski definition) is 6. The van der Waals surface area contributed by atoms with Crippen LogP contribution in [-0.2, 0) is 22.6 Å². The highest BCUT2D eigenvalue weighted by atomic mass is 16.5. The predicted molar refractivity (Wildman–Crippen MR) is 95.0 cm³/mol. The third-order valence-electron chi connectivity index (χ3n) is 3.82. The summed E-state index contributed by atoms with van der Waals surface area (Å²) in [4.78, 5) is 12.0. The molecule has 0 saturated carbocycles. The van der Waals surface area contributed by atoms with Crippen molar-refractivity contribution in [2.45, 2.75) is 13.0 Å². The summed E-state index contributed by atoms with van der Waals surface area (Å²) in [7, 11) is 3.21. The third-order valence-corrected chi connectivity index (χ3v) is 3.82. The van der Waals surface area contributed by atoms with Crippen LogP contribution in [0.3, 0.4) is 0 Å². The lowest BCUT2D eigenvalue weighted by Crippen LogP contribution is -2.08. The monoisotopic (exact) mass is 353 g/mol. The van der Waals surface area contributed by atoms with Crippen LogP contribution in [0.1, 0.15) is 11.3 Å². The first-order chi connectivity index (χ1) is 12.7. The van der Waals surface area contributed by atoms with Crippen LogP contribution in [0.25, 0.3) is 11.3 Å². The molecule has 0 spiro atoms. The first kappa shape index (κ1) is 17.5. The van der Waals surface area contributed by atoms with E-state index in [0.29, 0.717) is 11.5 Å². The molecule has 1 aromatic heterocycles. The van der Waals surface area contributed by atoms with Gasteiger partial charge < -0.3 is 18.7 Å². The third kappa shape index (κ3) is 4.42. The lowest BCUT2D eigenvalue weighted by Gasteiger charge is -2.04. The normalized spacial score (nSPS) is 10.4. The average molecular weight is 353 g/mol. The molecule has 0 bridgehead atoms. The molecule has 6 nitrogen and oxygen atoms in total. The van der Waals surface area contributed by atoms with Gasteiger partial charge in [0.25, 0.3) is 0 Å². The molecule has 0 saturated heterocycles. The second-order valence-corrected chi connectivity index (χ2v) is 5.60. The van der Waals surface area contributed by atoms with Crippen LogP contribution in [-0.4, -0.2) is 25.3 Å². The number of hydrogen-bond donors (Lipinski definition) is 0. The Bertz CT molecular complexity index is 853. The molecule has 134 valence electrons. The van der Waals surface area contributed by atoms with Gasteiger partial charge in [0, 0.05) is 11.6 Å². The highest BCUT2D eigenvalue weighted by Crippen LogP contribution is 2.23. The zero-order valence-corrected chi connectivity index (χ0v) is 14.6. The standard InChI is InChI=1S/C20H19NO5/c1-23-17-7-3-14(4-8-17)11-20(22)25-13-16-12-19(26-21-16)15-5-9-18(24-2)10-6-15/h3-10,12H,11,13H2,1-2H3. The lowest BCUT2D eigenvalue weighted by atomic mass is 10.1. The zero-order valence-electron chi connectivity index (χ0n) is 14.6. The number of esters is 1. The fraction of sp³-hybridized carbons (Fsp3) is 0.200. The van der Waals surface area contributed by atoms with E-state index in [4.69, 9.17) is 18.7 Å². The SMILES string of the molecule is COc1ccc(CC(=O)OCc2cc(-c3ccc(OC)cc3)on2)cc1. The van der Waals surface area contributed by atoms with Gasteiger partial charge in [0.1, 0.15) is 23.8 Å². The smallest absolute Gasteiger partial charge is 0.310 e. The Balaban J connectivity index is 1.54. The molecule has 0 aliphatic carbocycles. The second-order valence-electron chi connectivity index (χ2n) is 5.60. The van der Waals surface area contributed by atoms with E-state index in [1.165, 1.54) is 0 Å². The molecule has 0 aliphatic rings. The van der Waals surface area contributed by atoms with Crippen molar-refractivity contribution in [1.29, 1.82) is 0 Å². The number of methoxy groups -OCH3 is 2. The van der Waals surface area contributed by atoms with Crippen molar-refractivity contribution < 1.29 is 23.5 Å². The van der Waals surface area contributed by atoms with Crippen molar-refractivity contribution in [3.8, 4) is 22.8 Å². The number of nitrogens with zero attached hydrogens (tertiary/aromatic N) is 1. The summed E-state index contributed by atoms with van der Waals surface area (Å²) in [6.45, 7) is 0.0641. The average Bonchev–Trinajstić information content (AvgIpc) is 3.16. The second kappa shape index (κ2) is 8.20. The van der Waals surface area contributed by atoms with Gasteiger partial charge in [-0.3, -0.25) is 4.79 Å². The van der Waals surface area contributed by atoms with Crippen LogP contribution in [0.5, 0.6) is 11.5 Å². The van der Waals surface area contributed by atoms with Crippen LogP contribution in [0.15, 0.2) is 59.1 Å². The number of benzene rings is 2. The molecule has 26 heavy (non-hydrogen) atoms. The van der Waals surface area contributed by atoms with E-state index in [1.54, 1.807) is 32.4 Å². The van der Waals surface area contributed by atoms with Crippen LogP contribution >= 0.6 is 0 Å². The fourth-order valence-corrected chi connectivity index (χ4v) is 2.39. The Hall–Kier alpha value is -3.28. The van der Waals surface area contributed by atoms with Gasteiger partial charge >= 0.3 is 5.97 Å². The summed E-state index contributed by atoms with van der Waals surface area (Å²) in [6.07, 6.45) is 0.188. The molecule has 0 amide bonds. The summed E-state index contributed by atoms with van der Waals surface area (Å²) >= 11 is 0. The Morgan fingerprint density at radius 3 is 2.19 bits per heavy atom. The van der Waals surface area contributed by atoms with E-state index in [-0.39, 0.29) is 19.0 Å². The molecular formula is C20H19NO5. The maximum atomic E-state index is 12.0. The first-order valence-corrected chi connectivity index (χ1v) is 8.06. The first-order valence-electron chi connectivity index (χ1n) is 8.06. The van der Waals surface area contributed by atoms with E-state index in [1.807, 2.05) is 36.4 Å². The highest BCUT2D eigenvalue weighted by molar-refractivity contribution is 5.72. The van der Waals surface area contributed by atoms with Crippen molar-refractivity contribution >= 4 is 5.97 Å². The maximum absolute atomic E-state index is 12.0. The van der Waals surface area contributed by atoms with Crippen molar-refractivity contribution in [3.05, 3.63) is 65.9 Å². The fourth-order valence-electron chi connectivity index (χ4n) is 2.39. The summed E-state index contributed by atoms with van der Waals surface area (Å²) in [5, 5.41) is 3.94. The van der Waals surface area contributed by atoms with Gasteiger partial charge in [-0.25, -0.2) is 0 Å². The van der Waals surface area contributed by atoms with E-state index >= 15 is 0 Å². The summed E-state index contributed by atoms with van der Waals surface area (Å²) in [5.74, 6) is 1.79. The minimum Gasteiger partial charge on any atom is -0.497 e.